The van der Waals surface area contributed by atoms with E-state index in [0.29, 0.717) is 12.1 Å². The molecule has 0 radical (unpaired) electrons. The third-order valence-corrected chi connectivity index (χ3v) is 9.42. The molecule has 0 aromatic heterocycles. The number of rotatable bonds is 5. The zero-order valence-electron chi connectivity index (χ0n) is 20.9. The van der Waals surface area contributed by atoms with E-state index in [4.69, 9.17) is 0 Å². The SMILES string of the molecule is CN(C)C(=O)c1cc(C(F)(F)F)ccc1N1CCC(C(C)(C)S(=O)(=O)c2cccc(C(F)(F)F)c2)CC1=O. The Balaban J connectivity index is 1.93. The van der Waals surface area contributed by atoms with Crippen molar-refractivity contribution in [2.24, 2.45) is 5.92 Å². The van der Waals surface area contributed by atoms with Crippen molar-refractivity contribution >= 4 is 27.3 Å². The van der Waals surface area contributed by atoms with E-state index in [1.807, 2.05) is 0 Å². The van der Waals surface area contributed by atoms with Crippen LogP contribution in [0.3, 0.4) is 0 Å². The maximum Gasteiger partial charge on any atom is 0.416 e. The van der Waals surface area contributed by atoms with Crippen LogP contribution < -0.4 is 4.90 Å². The number of nitrogens with zero attached hydrogens (tertiary/aromatic N) is 2. The van der Waals surface area contributed by atoms with E-state index in [0.717, 1.165) is 40.1 Å². The average Bonchev–Trinajstić information content (AvgIpc) is 2.82. The fourth-order valence-electron chi connectivity index (χ4n) is 4.40. The third kappa shape index (κ3) is 5.52. The summed E-state index contributed by atoms with van der Waals surface area (Å²) in [6.07, 6.45) is -9.74. The highest BCUT2D eigenvalue weighted by Crippen LogP contribution is 2.41. The van der Waals surface area contributed by atoms with Crippen LogP contribution >= 0.6 is 0 Å². The molecule has 0 N–H and O–H groups in total. The molecule has 1 unspecified atom stereocenters. The number of amides is 2. The highest BCUT2D eigenvalue weighted by molar-refractivity contribution is 7.92. The highest BCUT2D eigenvalue weighted by atomic mass is 32.2. The van der Waals surface area contributed by atoms with Gasteiger partial charge in [0.05, 0.1) is 32.0 Å². The van der Waals surface area contributed by atoms with Crippen LogP contribution in [0.5, 0.6) is 0 Å². The van der Waals surface area contributed by atoms with Crippen molar-refractivity contribution in [2.45, 2.75) is 48.7 Å². The Hall–Kier alpha value is -3.09. The van der Waals surface area contributed by atoms with Crippen LogP contribution in [0.15, 0.2) is 47.4 Å². The molecule has 1 saturated heterocycles. The predicted octanol–water partition coefficient (Wildman–Crippen LogP) is 5.42. The smallest absolute Gasteiger partial charge is 0.345 e. The van der Waals surface area contributed by atoms with Gasteiger partial charge in [0.2, 0.25) is 5.91 Å². The number of piperidine rings is 1. The second-order valence-corrected chi connectivity index (χ2v) is 12.3. The minimum atomic E-state index is -4.75. The van der Waals surface area contributed by atoms with Gasteiger partial charge < -0.3 is 9.80 Å². The Bertz CT molecular complexity index is 1350. The molecule has 0 saturated carbocycles. The van der Waals surface area contributed by atoms with Crippen molar-refractivity contribution in [2.75, 3.05) is 25.5 Å². The second kappa shape index (κ2) is 9.90. The van der Waals surface area contributed by atoms with Gasteiger partial charge in [0.1, 0.15) is 0 Å². The standard InChI is InChI=1S/C25H26F6N2O4S/c1-23(2,38(36,37)18-7-5-6-16(12-18)24(26,27)28)15-10-11-33(21(34)14-15)20-9-8-17(25(29,30)31)13-19(20)22(35)32(3)4/h5-9,12-13,15H,10-11,14H2,1-4H3. The van der Waals surface area contributed by atoms with Gasteiger partial charge in [-0.25, -0.2) is 8.42 Å². The zero-order valence-corrected chi connectivity index (χ0v) is 21.8. The van der Waals surface area contributed by atoms with Gasteiger partial charge in [-0.15, -0.1) is 0 Å². The summed E-state index contributed by atoms with van der Waals surface area (Å²) in [5.41, 5.74) is -2.58. The van der Waals surface area contributed by atoms with E-state index in [1.54, 1.807) is 0 Å². The molecule has 208 valence electrons. The lowest BCUT2D eigenvalue weighted by atomic mass is 9.85. The molecule has 0 aliphatic carbocycles. The van der Waals surface area contributed by atoms with Gasteiger partial charge in [-0.3, -0.25) is 9.59 Å². The van der Waals surface area contributed by atoms with Crippen LogP contribution in [0.1, 0.15) is 48.2 Å². The van der Waals surface area contributed by atoms with Crippen LogP contribution in [0.4, 0.5) is 32.0 Å². The fourth-order valence-corrected chi connectivity index (χ4v) is 6.19. The molecular weight excluding hydrogens is 538 g/mol. The molecule has 2 amide bonds. The molecule has 2 aromatic carbocycles. The first kappa shape index (κ1) is 29.5. The van der Waals surface area contributed by atoms with Gasteiger partial charge in [0.25, 0.3) is 5.91 Å². The molecule has 13 heteroatoms. The van der Waals surface area contributed by atoms with Crippen molar-refractivity contribution in [3.63, 3.8) is 0 Å². The Morgan fingerprint density at radius 1 is 0.947 bits per heavy atom. The summed E-state index contributed by atoms with van der Waals surface area (Å²) in [6.45, 7) is 2.55. The Morgan fingerprint density at radius 2 is 1.53 bits per heavy atom. The van der Waals surface area contributed by atoms with Gasteiger partial charge in [0.15, 0.2) is 9.84 Å². The summed E-state index contributed by atoms with van der Waals surface area (Å²) in [5.74, 6) is -2.19. The summed E-state index contributed by atoms with van der Waals surface area (Å²) < 4.78 is 104. The Morgan fingerprint density at radius 3 is 2.05 bits per heavy atom. The molecule has 1 atom stereocenters. The van der Waals surface area contributed by atoms with Crippen molar-refractivity contribution < 1.29 is 44.3 Å². The van der Waals surface area contributed by atoms with E-state index in [2.05, 4.69) is 0 Å². The first-order valence-electron chi connectivity index (χ1n) is 11.4. The van der Waals surface area contributed by atoms with E-state index in [9.17, 15) is 44.3 Å². The molecule has 2 aromatic rings. The number of benzene rings is 2. The molecule has 1 aliphatic rings. The molecular formula is C25H26F6N2O4S. The van der Waals surface area contributed by atoms with Crippen molar-refractivity contribution in [1.29, 1.82) is 0 Å². The van der Waals surface area contributed by atoms with E-state index >= 15 is 0 Å². The number of sulfone groups is 1. The minimum Gasteiger partial charge on any atom is -0.345 e. The lowest BCUT2D eigenvalue weighted by molar-refractivity contribution is -0.138. The van der Waals surface area contributed by atoms with Gasteiger partial charge >= 0.3 is 12.4 Å². The topological polar surface area (TPSA) is 74.8 Å². The van der Waals surface area contributed by atoms with Crippen LogP contribution in [0.25, 0.3) is 0 Å². The third-order valence-electron chi connectivity index (χ3n) is 6.82. The van der Waals surface area contributed by atoms with E-state index in [1.165, 1.54) is 27.9 Å². The molecule has 0 bridgehead atoms. The molecule has 0 spiro atoms. The lowest BCUT2D eigenvalue weighted by Crippen LogP contribution is -2.49. The Kier molecular flexibility index (Phi) is 7.68. The van der Waals surface area contributed by atoms with Gasteiger partial charge in [-0.2, -0.15) is 26.3 Å². The number of alkyl halides is 6. The first-order valence-corrected chi connectivity index (χ1v) is 12.9. The number of hydrogen-bond acceptors (Lipinski definition) is 4. The number of hydrogen-bond donors (Lipinski definition) is 0. The minimum absolute atomic E-state index is 0.0429. The van der Waals surface area contributed by atoms with E-state index < -0.39 is 60.7 Å². The number of carbonyl (C=O) groups is 2. The normalized spacial score (nSPS) is 17.5. The predicted molar refractivity (Wildman–Crippen MR) is 127 cm³/mol. The van der Waals surface area contributed by atoms with E-state index in [-0.39, 0.29) is 30.6 Å². The molecule has 1 fully saturated rings. The summed E-state index contributed by atoms with van der Waals surface area (Å²) in [6, 6.07) is 5.81. The summed E-state index contributed by atoms with van der Waals surface area (Å²) in [7, 11) is -1.64. The van der Waals surface area contributed by atoms with Gasteiger partial charge in [-0.05, 0) is 62.6 Å². The van der Waals surface area contributed by atoms with Crippen LogP contribution in [-0.2, 0) is 27.0 Å². The highest BCUT2D eigenvalue weighted by Gasteiger charge is 2.47. The van der Waals surface area contributed by atoms with Crippen molar-refractivity contribution in [3.8, 4) is 0 Å². The quantitative estimate of drug-likeness (QED) is 0.455. The summed E-state index contributed by atoms with van der Waals surface area (Å²) in [5, 5.41) is 0. The monoisotopic (exact) mass is 564 g/mol. The largest absolute Gasteiger partial charge is 0.416 e. The number of anilines is 1. The van der Waals surface area contributed by atoms with Crippen LogP contribution in [0, 0.1) is 5.92 Å². The average molecular weight is 565 g/mol. The number of halogens is 6. The van der Waals surface area contributed by atoms with Crippen LogP contribution in [-0.4, -0.2) is 50.5 Å². The summed E-state index contributed by atoms with van der Waals surface area (Å²) in [4.78, 5) is 27.5. The molecule has 1 aliphatic heterocycles. The van der Waals surface area contributed by atoms with Crippen molar-refractivity contribution in [1.82, 2.24) is 4.90 Å². The van der Waals surface area contributed by atoms with Crippen molar-refractivity contribution in [3.05, 3.63) is 59.2 Å². The Labute approximate surface area is 216 Å². The van der Waals surface area contributed by atoms with Gasteiger partial charge in [-0.1, -0.05) is 6.07 Å². The number of carbonyl (C=O) groups excluding carboxylic acids is 2. The molecule has 1 heterocycles. The zero-order chi connectivity index (χ0) is 28.8. The lowest BCUT2D eigenvalue weighted by Gasteiger charge is -2.40. The maximum absolute atomic E-state index is 13.4. The molecule has 3 rings (SSSR count). The first-order chi connectivity index (χ1) is 17.3. The molecule has 38 heavy (non-hydrogen) atoms. The summed E-state index contributed by atoms with van der Waals surface area (Å²) >= 11 is 0. The second-order valence-electron chi connectivity index (χ2n) is 9.80. The van der Waals surface area contributed by atoms with Gasteiger partial charge in [0, 0.05) is 27.1 Å². The fraction of sp³-hybridized carbons (Fsp3) is 0.440. The van der Waals surface area contributed by atoms with Crippen LogP contribution in [0.2, 0.25) is 0 Å². The molecule has 6 nitrogen and oxygen atoms in total. The maximum atomic E-state index is 13.4.